The zero-order chi connectivity index (χ0) is 12.8. The largest absolute Gasteiger partial charge is 0.480 e. The molecule has 98 valence electrons. The van der Waals surface area contributed by atoms with Crippen LogP contribution in [0.3, 0.4) is 0 Å². The van der Waals surface area contributed by atoms with Crippen molar-refractivity contribution in [1.82, 2.24) is 5.32 Å². The van der Waals surface area contributed by atoms with Gasteiger partial charge in [-0.15, -0.1) is 0 Å². The summed E-state index contributed by atoms with van der Waals surface area (Å²) in [4.78, 5) is 22.5. The fraction of sp³-hybridized carbons (Fsp3) is 0.833. The van der Waals surface area contributed by atoms with E-state index in [1.165, 1.54) is 0 Å². The van der Waals surface area contributed by atoms with E-state index in [4.69, 9.17) is 9.84 Å². The lowest BCUT2D eigenvalue weighted by Crippen LogP contribution is -2.44. The number of aliphatic carboxylic acids is 1. The molecule has 1 aliphatic heterocycles. The molecule has 2 N–H and O–H groups in total. The summed E-state index contributed by atoms with van der Waals surface area (Å²) < 4.78 is 5.41. The van der Waals surface area contributed by atoms with Crippen molar-refractivity contribution in [3.63, 3.8) is 0 Å². The average molecular weight is 243 g/mol. The SMILES string of the molecule is CC(C)C(NC(=O)CCC1CCCO1)C(=O)O. The van der Waals surface area contributed by atoms with Gasteiger partial charge in [0.05, 0.1) is 6.10 Å². The molecular weight excluding hydrogens is 222 g/mol. The molecule has 1 saturated heterocycles. The highest BCUT2D eigenvalue weighted by Gasteiger charge is 2.24. The Morgan fingerprint density at radius 3 is 2.65 bits per heavy atom. The normalized spacial score (nSPS) is 21.5. The average Bonchev–Trinajstić information content (AvgIpc) is 2.74. The number of carbonyl (C=O) groups excluding carboxylic acids is 1. The van der Waals surface area contributed by atoms with Gasteiger partial charge in [0, 0.05) is 13.0 Å². The molecule has 0 aliphatic carbocycles. The molecule has 17 heavy (non-hydrogen) atoms. The van der Waals surface area contributed by atoms with Crippen LogP contribution in [0.2, 0.25) is 0 Å². The summed E-state index contributed by atoms with van der Waals surface area (Å²) in [6, 6.07) is -0.799. The van der Waals surface area contributed by atoms with Gasteiger partial charge in [0.25, 0.3) is 0 Å². The van der Waals surface area contributed by atoms with Crippen LogP contribution in [-0.4, -0.2) is 35.7 Å². The van der Waals surface area contributed by atoms with Crippen LogP contribution >= 0.6 is 0 Å². The standard InChI is InChI=1S/C12H21NO4/c1-8(2)11(12(15)16)13-10(14)6-5-9-4-3-7-17-9/h8-9,11H,3-7H2,1-2H3,(H,13,14)(H,15,16). The molecule has 1 aliphatic rings. The van der Waals surface area contributed by atoms with Gasteiger partial charge in [-0.25, -0.2) is 4.79 Å². The van der Waals surface area contributed by atoms with E-state index in [-0.39, 0.29) is 17.9 Å². The van der Waals surface area contributed by atoms with Crippen LogP contribution in [0.5, 0.6) is 0 Å². The zero-order valence-corrected chi connectivity index (χ0v) is 10.4. The molecule has 0 aromatic carbocycles. The van der Waals surface area contributed by atoms with Gasteiger partial charge in [0.15, 0.2) is 0 Å². The second-order valence-corrected chi connectivity index (χ2v) is 4.80. The molecule has 0 aromatic heterocycles. The maximum atomic E-state index is 11.6. The summed E-state index contributed by atoms with van der Waals surface area (Å²) in [5.41, 5.74) is 0. The molecule has 2 atom stereocenters. The van der Waals surface area contributed by atoms with E-state index in [1.54, 1.807) is 13.8 Å². The summed E-state index contributed by atoms with van der Waals surface area (Å²) >= 11 is 0. The third-order valence-corrected chi connectivity index (χ3v) is 2.97. The predicted molar refractivity (Wildman–Crippen MR) is 62.6 cm³/mol. The number of carboxylic acids is 1. The van der Waals surface area contributed by atoms with E-state index < -0.39 is 12.0 Å². The molecule has 1 amide bonds. The Hall–Kier alpha value is -1.10. The number of carbonyl (C=O) groups is 2. The van der Waals surface area contributed by atoms with Gasteiger partial charge in [-0.1, -0.05) is 13.8 Å². The minimum Gasteiger partial charge on any atom is -0.480 e. The van der Waals surface area contributed by atoms with E-state index in [0.717, 1.165) is 19.4 Å². The number of rotatable bonds is 6. The summed E-state index contributed by atoms with van der Waals surface area (Å²) in [5, 5.41) is 11.5. The maximum Gasteiger partial charge on any atom is 0.326 e. The summed E-state index contributed by atoms with van der Waals surface area (Å²) in [6.07, 6.45) is 3.23. The Bertz CT molecular complexity index is 272. The van der Waals surface area contributed by atoms with Crippen molar-refractivity contribution in [3.8, 4) is 0 Å². The topological polar surface area (TPSA) is 75.6 Å². The van der Waals surface area contributed by atoms with Crippen molar-refractivity contribution in [2.24, 2.45) is 5.92 Å². The highest BCUT2D eigenvalue weighted by Crippen LogP contribution is 2.16. The molecule has 5 nitrogen and oxygen atoms in total. The molecule has 0 radical (unpaired) electrons. The Balaban J connectivity index is 2.29. The Morgan fingerprint density at radius 1 is 1.47 bits per heavy atom. The Kier molecular flexibility index (Phi) is 5.41. The second kappa shape index (κ2) is 6.59. The van der Waals surface area contributed by atoms with Crippen LogP contribution in [0.25, 0.3) is 0 Å². The lowest BCUT2D eigenvalue weighted by molar-refractivity contribution is -0.143. The third-order valence-electron chi connectivity index (χ3n) is 2.97. The quantitative estimate of drug-likeness (QED) is 0.734. The minimum atomic E-state index is -0.981. The summed E-state index contributed by atoms with van der Waals surface area (Å²) in [7, 11) is 0. The number of hydrogen-bond donors (Lipinski definition) is 2. The van der Waals surface area contributed by atoms with Crippen LogP contribution in [0.15, 0.2) is 0 Å². The number of ether oxygens (including phenoxy) is 1. The molecule has 1 rings (SSSR count). The first-order valence-corrected chi connectivity index (χ1v) is 6.14. The van der Waals surface area contributed by atoms with E-state index in [0.29, 0.717) is 12.8 Å². The van der Waals surface area contributed by atoms with Gasteiger partial charge in [0.1, 0.15) is 6.04 Å². The van der Waals surface area contributed by atoms with Crippen molar-refractivity contribution in [2.75, 3.05) is 6.61 Å². The highest BCUT2D eigenvalue weighted by atomic mass is 16.5. The lowest BCUT2D eigenvalue weighted by atomic mass is 10.0. The van der Waals surface area contributed by atoms with E-state index in [1.807, 2.05) is 0 Å². The zero-order valence-electron chi connectivity index (χ0n) is 10.4. The molecular formula is C12H21NO4. The Labute approximate surface area is 102 Å². The van der Waals surface area contributed by atoms with Crippen LogP contribution < -0.4 is 5.32 Å². The monoisotopic (exact) mass is 243 g/mol. The van der Waals surface area contributed by atoms with Crippen molar-refractivity contribution in [2.45, 2.75) is 51.7 Å². The number of carboxylic acid groups (broad SMARTS) is 1. The molecule has 0 aromatic rings. The molecule has 1 fully saturated rings. The Morgan fingerprint density at radius 2 is 2.18 bits per heavy atom. The van der Waals surface area contributed by atoms with Gasteiger partial charge in [-0.05, 0) is 25.2 Å². The maximum absolute atomic E-state index is 11.6. The van der Waals surface area contributed by atoms with Crippen molar-refractivity contribution >= 4 is 11.9 Å². The van der Waals surface area contributed by atoms with Crippen LogP contribution in [0.1, 0.15) is 39.5 Å². The van der Waals surface area contributed by atoms with Gasteiger partial charge >= 0.3 is 5.97 Å². The van der Waals surface area contributed by atoms with Crippen LogP contribution in [0.4, 0.5) is 0 Å². The first-order chi connectivity index (χ1) is 8.00. The first-order valence-electron chi connectivity index (χ1n) is 6.14. The fourth-order valence-electron chi connectivity index (χ4n) is 1.92. The van der Waals surface area contributed by atoms with Gasteiger partial charge in [-0.3, -0.25) is 4.79 Å². The molecule has 0 bridgehead atoms. The number of nitrogens with one attached hydrogen (secondary N) is 1. The van der Waals surface area contributed by atoms with Gasteiger partial charge in [-0.2, -0.15) is 0 Å². The molecule has 5 heteroatoms. The fourth-order valence-corrected chi connectivity index (χ4v) is 1.92. The molecule has 1 heterocycles. The van der Waals surface area contributed by atoms with E-state index in [9.17, 15) is 9.59 Å². The molecule has 0 saturated carbocycles. The smallest absolute Gasteiger partial charge is 0.326 e. The van der Waals surface area contributed by atoms with Crippen molar-refractivity contribution < 1.29 is 19.4 Å². The van der Waals surface area contributed by atoms with Crippen LogP contribution in [0, 0.1) is 5.92 Å². The molecule has 2 unspecified atom stereocenters. The third kappa shape index (κ3) is 4.73. The molecule has 0 spiro atoms. The number of hydrogen-bond acceptors (Lipinski definition) is 3. The first kappa shape index (κ1) is 14.0. The van der Waals surface area contributed by atoms with Gasteiger partial charge < -0.3 is 15.2 Å². The number of amides is 1. The van der Waals surface area contributed by atoms with E-state index in [2.05, 4.69) is 5.32 Å². The predicted octanol–water partition coefficient (Wildman–Crippen LogP) is 1.17. The summed E-state index contributed by atoms with van der Waals surface area (Å²) in [6.45, 7) is 4.33. The van der Waals surface area contributed by atoms with E-state index >= 15 is 0 Å². The van der Waals surface area contributed by atoms with Gasteiger partial charge in [0.2, 0.25) is 5.91 Å². The lowest BCUT2D eigenvalue weighted by Gasteiger charge is -2.18. The van der Waals surface area contributed by atoms with Crippen molar-refractivity contribution in [3.05, 3.63) is 0 Å². The summed E-state index contributed by atoms with van der Waals surface area (Å²) in [5.74, 6) is -1.30. The second-order valence-electron chi connectivity index (χ2n) is 4.80. The highest BCUT2D eigenvalue weighted by molar-refractivity contribution is 5.83. The van der Waals surface area contributed by atoms with Crippen molar-refractivity contribution in [1.29, 1.82) is 0 Å². The van der Waals surface area contributed by atoms with Crippen LogP contribution in [-0.2, 0) is 14.3 Å². The minimum absolute atomic E-state index is 0.112.